The fraction of sp³-hybridized carbons (Fsp3) is 0.0909. The number of anilines is 1. The molecule has 1 heterocycles. The van der Waals surface area contributed by atoms with Gasteiger partial charge >= 0.3 is 0 Å². The first-order chi connectivity index (χ1) is 14.1. The number of halogens is 1. The summed E-state index contributed by atoms with van der Waals surface area (Å²) in [7, 11) is 0. The van der Waals surface area contributed by atoms with Gasteiger partial charge < -0.3 is 20.1 Å². The molecule has 2 amide bonds. The molecule has 3 aromatic rings. The first-order valence-corrected chi connectivity index (χ1v) is 8.93. The molecule has 29 heavy (non-hydrogen) atoms. The van der Waals surface area contributed by atoms with Crippen LogP contribution in [0.5, 0.6) is 11.5 Å². The molecule has 0 fully saturated rings. The summed E-state index contributed by atoms with van der Waals surface area (Å²) in [6, 6.07) is 17.6. The lowest BCUT2D eigenvalue weighted by molar-refractivity contribution is 0.0950. The van der Waals surface area contributed by atoms with E-state index in [0.717, 1.165) is 0 Å². The lowest BCUT2D eigenvalue weighted by Crippen LogP contribution is -2.24. The van der Waals surface area contributed by atoms with E-state index in [2.05, 4.69) is 10.6 Å². The number of fused-ring (bicyclic) bond motifs is 1. The molecule has 146 valence electrons. The van der Waals surface area contributed by atoms with Gasteiger partial charge in [-0.2, -0.15) is 0 Å². The Hall–Kier alpha value is -3.87. The third-order valence-corrected chi connectivity index (χ3v) is 4.41. The van der Waals surface area contributed by atoms with Crippen LogP contribution in [-0.4, -0.2) is 18.6 Å². The van der Waals surface area contributed by atoms with E-state index in [-0.39, 0.29) is 25.1 Å². The summed E-state index contributed by atoms with van der Waals surface area (Å²) in [5, 5.41) is 5.42. The van der Waals surface area contributed by atoms with Crippen LogP contribution in [0.2, 0.25) is 0 Å². The smallest absolute Gasteiger partial charge is 0.255 e. The lowest BCUT2D eigenvalue weighted by atomic mass is 10.1. The van der Waals surface area contributed by atoms with Crippen LogP contribution in [0.25, 0.3) is 0 Å². The molecule has 2 N–H and O–H groups in total. The number of hydrogen-bond acceptors (Lipinski definition) is 4. The predicted octanol–water partition coefficient (Wildman–Crippen LogP) is 3.74. The van der Waals surface area contributed by atoms with E-state index in [0.29, 0.717) is 33.9 Å². The largest absolute Gasteiger partial charge is 0.454 e. The van der Waals surface area contributed by atoms with Crippen molar-refractivity contribution in [3.63, 3.8) is 0 Å². The number of hydrogen-bond donors (Lipinski definition) is 2. The van der Waals surface area contributed by atoms with E-state index < -0.39 is 5.91 Å². The number of nitrogens with one attached hydrogen (secondary N) is 2. The van der Waals surface area contributed by atoms with E-state index in [1.165, 1.54) is 12.1 Å². The van der Waals surface area contributed by atoms with Gasteiger partial charge in [0.05, 0.1) is 0 Å². The summed E-state index contributed by atoms with van der Waals surface area (Å²) in [5.41, 5.74) is 1.56. The van der Waals surface area contributed by atoms with Crippen molar-refractivity contribution in [2.24, 2.45) is 0 Å². The molecule has 6 nitrogen and oxygen atoms in total. The fourth-order valence-electron chi connectivity index (χ4n) is 2.90. The summed E-state index contributed by atoms with van der Waals surface area (Å²) < 4.78 is 24.2. The molecule has 0 radical (unpaired) electrons. The summed E-state index contributed by atoms with van der Waals surface area (Å²) in [4.78, 5) is 24.9. The molecular formula is C22H17FN2O4. The third kappa shape index (κ3) is 4.19. The van der Waals surface area contributed by atoms with Crippen LogP contribution in [-0.2, 0) is 6.54 Å². The standard InChI is InChI=1S/C22H17FN2O4/c23-18-7-2-1-4-16(18)12-24-21(26)14-5-3-6-15(10-14)22(27)25-17-8-9-19-20(11-17)29-13-28-19/h1-11H,12-13H2,(H,24,26)(H,25,27). The quantitative estimate of drug-likeness (QED) is 0.694. The van der Waals surface area contributed by atoms with Crippen LogP contribution in [0.1, 0.15) is 26.3 Å². The van der Waals surface area contributed by atoms with Gasteiger partial charge in [0, 0.05) is 35.0 Å². The number of ether oxygens (including phenoxy) is 2. The van der Waals surface area contributed by atoms with E-state index >= 15 is 0 Å². The Morgan fingerprint density at radius 3 is 2.45 bits per heavy atom. The Morgan fingerprint density at radius 2 is 1.62 bits per heavy atom. The molecule has 1 aliphatic rings. The molecule has 0 unspecified atom stereocenters. The van der Waals surface area contributed by atoms with Crippen LogP contribution in [0.4, 0.5) is 10.1 Å². The number of amides is 2. The maximum absolute atomic E-state index is 13.7. The molecule has 3 aromatic carbocycles. The molecule has 4 rings (SSSR count). The van der Waals surface area contributed by atoms with Crippen molar-refractivity contribution < 1.29 is 23.5 Å². The average molecular weight is 392 g/mol. The Morgan fingerprint density at radius 1 is 0.862 bits per heavy atom. The van der Waals surface area contributed by atoms with Crippen LogP contribution < -0.4 is 20.1 Å². The van der Waals surface area contributed by atoms with Gasteiger partial charge in [0.25, 0.3) is 11.8 Å². The Kier molecular flexibility index (Phi) is 5.11. The molecule has 0 aromatic heterocycles. The first kappa shape index (κ1) is 18.5. The molecular weight excluding hydrogens is 375 g/mol. The van der Waals surface area contributed by atoms with E-state index in [9.17, 15) is 14.0 Å². The van der Waals surface area contributed by atoms with Crippen molar-refractivity contribution in [1.29, 1.82) is 0 Å². The summed E-state index contributed by atoms with van der Waals surface area (Å²) >= 11 is 0. The predicted molar refractivity (Wildman–Crippen MR) is 105 cm³/mol. The van der Waals surface area contributed by atoms with Crippen molar-refractivity contribution in [3.05, 3.63) is 89.2 Å². The van der Waals surface area contributed by atoms with E-state index in [1.807, 2.05) is 0 Å². The number of rotatable bonds is 5. The van der Waals surface area contributed by atoms with Gasteiger partial charge in [0.2, 0.25) is 6.79 Å². The van der Waals surface area contributed by atoms with Crippen molar-refractivity contribution in [2.45, 2.75) is 6.54 Å². The zero-order valence-electron chi connectivity index (χ0n) is 15.3. The van der Waals surface area contributed by atoms with Crippen LogP contribution in [0, 0.1) is 5.82 Å². The molecule has 7 heteroatoms. The number of benzene rings is 3. The molecule has 0 spiro atoms. The van der Waals surface area contributed by atoms with Gasteiger partial charge in [-0.05, 0) is 36.4 Å². The van der Waals surface area contributed by atoms with Crippen LogP contribution in [0.3, 0.4) is 0 Å². The van der Waals surface area contributed by atoms with Crippen molar-refractivity contribution in [3.8, 4) is 11.5 Å². The summed E-state index contributed by atoms with van der Waals surface area (Å²) in [6.45, 7) is 0.204. The van der Waals surface area contributed by atoms with Gasteiger partial charge in [-0.15, -0.1) is 0 Å². The molecule has 0 bridgehead atoms. The molecule has 0 saturated carbocycles. The van der Waals surface area contributed by atoms with Gasteiger partial charge in [0.15, 0.2) is 11.5 Å². The maximum atomic E-state index is 13.7. The average Bonchev–Trinajstić information content (AvgIpc) is 3.21. The Labute approximate surface area is 166 Å². The summed E-state index contributed by atoms with van der Waals surface area (Å²) in [5.74, 6) is 0.0313. The van der Waals surface area contributed by atoms with Crippen LogP contribution in [0.15, 0.2) is 66.7 Å². The monoisotopic (exact) mass is 392 g/mol. The molecule has 0 atom stereocenters. The van der Waals surface area contributed by atoms with E-state index in [1.54, 1.807) is 54.6 Å². The highest BCUT2D eigenvalue weighted by Crippen LogP contribution is 2.34. The second-order valence-electron chi connectivity index (χ2n) is 6.38. The number of carbonyl (C=O) groups is 2. The first-order valence-electron chi connectivity index (χ1n) is 8.93. The van der Waals surface area contributed by atoms with Crippen molar-refractivity contribution in [2.75, 3.05) is 12.1 Å². The van der Waals surface area contributed by atoms with Gasteiger partial charge in [-0.3, -0.25) is 9.59 Å². The van der Waals surface area contributed by atoms with E-state index in [4.69, 9.17) is 9.47 Å². The highest BCUT2D eigenvalue weighted by molar-refractivity contribution is 6.06. The zero-order chi connectivity index (χ0) is 20.2. The molecule has 0 saturated heterocycles. The van der Waals surface area contributed by atoms with Gasteiger partial charge in [-0.1, -0.05) is 24.3 Å². The van der Waals surface area contributed by atoms with Crippen LogP contribution >= 0.6 is 0 Å². The van der Waals surface area contributed by atoms with Crippen molar-refractivity contribution >= 4 is 17.5 Å². The second-order valence-corrected chi connectivity index (χ2v) is 6.38. The maximum Gasteiger partial charge on any atom is 0.255 e. The zero-order valence-corrected chi connectivity index (χ0v) is 15.3. The Bertz CT molecular complexity index is 1080. The van der Waals surface area contributed by atoms with Crippen molar-refractivity contribution in [1.82, 2.24) is 5.32 Å². The minimum atomic E-state index is -0.397. The Balaban J connectivity index is 1.43. The fourth-order valence-corrected chi connectivity index (χ4v) is 2.90. The lowest BCUT2D eigenvalue weighted by Gasteiger charge is -2.09. The minimum absolute atomic E-state index is 0.0547. The highest BCUT2D eigenvalue weighted by Gasteiger charge is 2.15. The molecule has 1 aliphatic heterocycles. The normalized spacial score (nSPS) is 11.8. The highest BCUT2D eigenvalue weighted by atomic mass is 19.1. The van der Waals surface area contributed by atoms with Gasteiger partial charge in [0.1, 0.15) is 5.82 Å². The summed E-state index contributed by atoms with van der Waals surface area (Å²) in [6.07, 6.45) is 0. The third-order valence-electron chi connectivity index (χ3n) is 4.41. The SMILES string of the molecule is O=C(NCc1ccccc1F)c1cccc(C(=O)Nc2ccc3c(c2)OCO3)c1. The number of carbonyl (C=O) groups excluding carboxylic acids is 2. The minimum Gasteiger partial charge on any atom is -0.454 e. The van der Waals surface area contributed by atoms with Gasteiger partial charge in [-0.25, -0.2) is 4.39 Å². The topological polar surface area (TPSA) is 76.7 Å². The second kappa shape index (κ2) is 8.02. The molecule has 0 aliphatic carbocycles.